The van der Waals surface area contributed by atoms with Gasteiger partial charge in [-0.15, -0.1) is 0 Å². The lowest BCUT2D eigenvalue weighted by atomic mass is 9.93. The number of carbonyl (C=O) groups is 1. The Labute approximate surface area is 122 Å². The molecule has 1 heterocycles. The average Bonchev–Trinajstić information content (AvgIpc) is 2.50. The van der Waals surface area contributed by atoms with Gasteiger partial charge in [-0.2, -0.15) is 0 Å². The van der Waals surface area contributed by atoms with Gasteiger partial charge in [0.25, 0.3) is 0 Å². The smallest absolute Gasteiger partial charge is 0.165 e. The standard InChI is InChI=1S/C17H16FNO2/c18-14-9-12(5-6-15(14)19)16(20)10-17-13-4-2-1-3-11(13)7-8-21-17/h1-6,9,17H,7-8,10,19H2. The van der Waals surface area contributed by atoms with Crippen molar-refractivity contribution in [1.82, 2.24) is 0 Å². The van der Waals surface area contributed by atoms with E-state index in [1.807, 2.05) is 18.2 Å². The minimum absolute atomic E-state index is 0.0470. The normalized spacial score (nSPS) is 17.3. The van der Waals surface area contributed by atoms with Gasteiger partial charge in [-0.1, -0.05) is 24.3 Å². The maximum Gasteiger partial charge on any atom is 0.165 e. The van der Waals surface area contributed by atoms with Crippen LogP contribution in [0.3, 0.4) is 0 Å². The van der Waals surface area contributed by atoms with Crippen LogP contribution in [0.2, 0.25) is 0 Å². The lowest BCUT2D eigenvalue weighted by Gasteiger charge is -2.25. The summed E-state index contributed by atoms with van der Waals surface area (Å²) in [5.74, 6) is -0.707. The molecule has 21 heavy (non-hydrogen) atoms. The number of anilines is 1. The second-order valence-electron chi connectivity index (χ2n) is 5.17. The molecule has 2 aromatic carbocycles. The number of nitrogen functional groups attached to an aromatic ring is 1. The van der Waals surface area contributed by atoms with E-state index < -0.39 is 5.82 Å². The van der Waals surface area contributed by atoms with E-state index in [4.69, 9.17) is 10.5 Å². The molecule has 2 N–H and O–H groups in total. The summed E-state index contributed by atoms with van der Waals surface area (Å²) in [5.41, 5.74) is 8.06. The van der Waals surface area contributed by atoms with E-state index >= 15 is 0 Å². The molecular formula is C17H16FNO2. The van der Waals surface area contributed by atoms with Gasteiger partial charge in [0, 0.05) is 12.0 Å². The number of nitrogens with two attached hydrogens (primary N) is 1. The van der Waals surface area contributed by atoms with Gasteiger partial charge in [-0.25, -0.2) is 4.39 Å². The summed E-state index contributed by atoms with van der Waals surface area (Å²) in [4.78, 5) is 12.3. The summed E-state index contributed by atoms with van der Waals surface area (Å²) in [7, 11) is 0. The number of ketones is 1. The Kier molecular flexibility index (Phi) is 3.71. The molecule has 0 spiro atoms. The number of ether oxygens (including phenoxy) is 1. The van der Waals surface area contributed by atoms with E-state index in [0.717, 1.165) is 12.0 Å². The van der Waals surface area contributed by atoms with E-state index in [0.29, 0.717) is 12.2 Å². The molecule has 0 fully saturated rings. The molecule has 0 aliphatic carbocycles. The van der Waals surface area contributed by atoms with Crippen molar-refractivity contribution >= 4 is 11.5 Å². The van der Waals surface area contributed by atoms with Crippen molar-refractivity contribution in [1.29, 1.82) is 0 Å². The molecule has 108 valence electrons. The first-order valence-electron chi connectivity index (χ1n) is 6.93. The van der Waals surface area contributed by atoms with Crippen LogP contribution in [-0.2, 0) is 11.2 Å². The zero-order chi connectivity index (χ0) is 14.8. The van der Waals surface area contributed by atoms with E-state index in [9.17, 15) is 9.18 Å². The molecule has 1 unspecified atom stereocenters. The van der Waals surface area contributed by atoms with Crippen LogP contribution in [0.25, 0.3) is 0 Å². The third kappa shape index (κ3) is 2.81. The summed E-state index contributed by atoms with van der Waals surface area (Å²) in [6.07, 6.45) is 0.806. The lowest BCUT2D eigenvalue weighted by Crippen LogP contribution is -2.19. The number of halogens is 1. The first-order chi connectivity index (χ1) is 10.1. The molecule has 1 aliphatic rings. The van der Waals surface area contributed by atoms with Crippen molar-refractivity contribution in [2.45, 2.75) is 18.9 Å². The summed E-state index contributed by atoms with van der Waals surface area (Å²) in [6, 6.07) is 12.1. The molecule has 1 aliphatic heterocycles. The molecule has 1 atom stereocenters. The molecule has 0 aromatic heterocycles. The van der Waals surface area contributed by atoms with Crippen molar-refractivity contribution in [2.24, 2.45) is 0 Å². The number of fused-ring (bicyclic) bond motifs is 1. The van der Waals surface area contributed by atoms with Gasteiger partial charge in [0.15, 0.2) is 5.78 Å². The first-order valence-corrected chi connectivity index (χ1v) is 6.93. The van der Waals surface area contributed by atoms with E-state index in [1.54, 1.807) is 6.07 Å². The van der Waals surface area contributed by atoms with Crippen molar-refractivity contribution in [3.8, 4) is 0 Å². The van der Waals surface area contributed by atoms with Gasteiger partial charge >= 0.3 is 0 Å². The predicted molar refractivity (Wildman–Crippen MR) is 78.6 cm³/mol. The lowest BCUT2D eigenvalue weighted by molar-refractivity contribution is 0.0352. The zero-order valence-electron chi connectivity index (χ0n) is 11.5. The molecule has 2 aromatic rings. The molecule has 3 rings (SSSR count). The summed E-state index contributed by atoms with van der Waals surface area (Å²) >= 11 is 0. The Morgan fingerprint density at radius 3 is 2.90 bits per heavy atom. The maximum atomic E-state index is 13.4. The fourth-order valence-corrected chi connectivity index (χ4v) is 2.63. The SMILES string of the molecule is Nc1ccc(C(=O)CC2OCCc3ccccc32)cc1F. The Balaban J connectivity index is 1.81. The van der Waals surface area contributed by atoms with Crippen molar-refractivity contribution in [2.75, 3.05) is 12.3 Å². The summed E-state index contributed by atoms with van der Waals surface area (Å²) in [6.45, 7) is 0.602. The van der Waals surface area contributed by atoms with Crippen LogP contribution >= 0.6 is 0 Å². The third-order valence-corrected chi connectivity index (χ3v) is 3.79. The zero-order valence-corrected chi connectivity index (χ0v) is 11.5. The summed E-state index contributed by atoms with van der Waals surface area (Å²) in [5, 5.41) is 0. The van der Waals surface area contributed by atoms with E-state index in [2.05, 4.69) is 6.07 Å². The average molecular weight is 285 g/mol. The van der Waals surface area contributed by atoms with Gasteiger partial charge < -0.3 is 10.5 Å². The molecule has 3 nitrogen and oxygen atoms in total. The second kappa shape index (κ2) is 5.66. The third-order valence-electron chi connectivity index (χ3n) is 3.79. The highest BCUT2D eigenvalue weighted by Crippen LogP contribution is 2.30. The molecule has 0 amide bonds. The maximum absolute atomic E-state index is 13.4. The van der Waals surface area contributed by atoms with Crippen LogP contribution in [0.15, 0.2) is 42.5 Å². The van der Waals surface area contributed by atoms with Crippen molar-refractivity contribution in [3.05, 3.63) is 65.0 Å². The second-order valence-corrected chi connectivity index (χ2v) is 5.17. The Bertz CT molecular complexity index is 684. The largest absolute Gasteiger partial charge is 0.396 e. The van der Waals surface area contributed by atoms with Gasteiger partial charge in [0.1, 0.15) is 5.82 Å². The highest BCUT2D eigenvalue weighted by molar-refractivity contribution is 5.96. The number of carbonyl (C=O) groups excluding carboxylic acids is 1. The molecule has 0 saturated heterocycles. The molecule has 0 radical (unpaired) electrons. The minimum Gasteiger partial charge on any atom is -0.396 e. The number of rotatable bonds is 3. The fourth-order valence-electron chi connectivity index (χ4n) is 2.63. The monoisotopic (exact) mass is 285 g/mol. The van der Waals surface area contributed by atoms with Crippen LogP contribution in [-0.4, -0.2) is 12.4 Å². The van der Waals surface area contributed by atoms with Crippen molar-refractivity contribution < 1.29 is 13.9 Å². The number of hydrogen-bond donors (Lipinski definition) is 1. The molecule has 0 saturated carbocycles. The molecule has 4 heteroatoms. The van der Waals surface area contributed by atoms with Crippen LogP contribution in [0.1, 0.15) is 34.0 Å². The van der Waals surface area contributed by atoms with Crippen LogP contribution in [0.5, 0.6) is 0 Å². The Hall–Kier alpha value is -2.20. The Morgan fingerprint density at radius 1 is 1.29 bits per heavy atom. The van der Waals surface area contributed by atoms with Gasteiger partial charge in [0.2, 0.25) is 0 Å². The number of benzene rings is 2. The minimum atomic E-state index is -0.564. The Morgan fingerprint density at radius 2 is 2.10 bits per heavy atom. The first kappa shape index (κ1) is 13.8. The van der Waals surface area contributed by atoms with E-state index in [-0.39, 0.29) is 24.0 Å². The van der Waals surface area contributed by atoms with Crippen LogP contribution in [0.4, 0.5) is 10.1 Å². The number of Topliss-reactive ketones (excluding diaryl/α,β-unsaturated/α-hetero) is 1. The highest BCUT2D eigenvalue weighted by Gasteiger charge is 2.23. The molecular weight excluding hydrogens is 269 g/mol. The van der Waals surface area contributed by atoms with Crippen molar-refractivity contribution in [3.63, 3.8) is 0 Å². The van der Waals surface area contributed by atoms with Crippen LogP contribution < -0.4 is 5.73 Å². The van der Waals surface area contributed by atoms with E-state index in [1.165, 1.54) is 17.7 Å². The van der Waals surface area contributed by atoms with Gasteiger partial charge in [-0.3, -0.25) is 4.79 Å². The highest BCUT2D eigenvalue weighted by atomic mass is 19.1. The van der Waals surface area contributed by atoms with Gasteiger partial charge in [0.05, 0.1) is 18.4 Å². The number of hydrogen-bond acceptors (Lipinski definition) is 3. The van der Waals surface area contributed by atoms with Gasteiger partial charge in [-0.05, 0) is 35.7 Å². The topological polar surface area (TPSA) is 52.3 Å². The predicted octanol–water partition coefficient (Wildman–Crippen LogP) is 3.29. The summed E-state index contributed by atoms with van der Waals surface area (Å²) < 4.78 is 19.2. The van der Waals surface area contributed by atoms with Crippen LogP contribution in [0, 0.1) is 5.82 Å². The quantitative estimate of drug-likeness (QED) is 0.695. The molecule has 0 bridgehead atoms. The fraction of sp³-hybridized carbons (Fsp3) is 0.235.